The summed E-state index contributed by atoms with van der Waals surface area (Å²) < 4.78 is 0. The van der Waals surface area contributed by atoms with Crippen LogP contribution < -0.4 is 15.5 Å². The predicted octanol–water partition coefficient (Wildman–Crippen LogP) is 2.99. The fourth-order valence-electron chi connectivity index (χ4n) is 2.80. The summed E-state index contributed by atoms with van der Waals surface area (Å²) in [4.78, 5) is 15.1. The molecule has 1 atom stereocenters. The van der Waals surface area contributed by atoms with Gasteiger partial charge in [-0.15, -0.1) is 11.3 Å². The average Bonchev–Trinajstić information content (AvgIpc) is 3.21. The highest BCUT2D eigenvalue weighted by molar-refractivity contribution is 7.10. The van der Waals surface area contributed by atoms with Crippen LogP contribution in [-0.4, -0.2) is 30.8 Å². The average molecular weight is 331 g/mol. The number of anilines is 2. The number of likely N-dealkylation sites (N-methyl/N-ethyl adjacent to an activating group) is 1. The normalized spacial score (nSPS) is 14.4. The van der Waals surface area contributed by atoms with Crippen molar-refractivity contribution in [3.8, 4) is 0 Å². The summed E-state index contributed by atoms with van der Waals surface area (Å²) in [7, 11) is 0. The van der Waals surface area contributed by atoms with Crippen molar-refractivity contribution in [3.05, 3.63) is 46.2 Å². The van der Waals surface area contributed by atoms with Crippen molar-refractivity contribution in [2.75, 3.05) is 29.9 Å². The number of thiophene rings is 1. The monoisotopic (exact) mass is 331 g/mol. The van der Waals surface area contributed by atoms with Gasteiger partial charge in [0.15, 0.2) is 0 Å². The largest absolute Gasteiger partial charge is 0.386 e. The Balaban J connectivity index is 1.56. The third-order valence-electron chi connectivity index (χ3n) is 4.04. The van der Waals surface area contributed by atoms with E-state index in [1.165, 1.54) is 22.6 Å². The molecule has 1 aliphatic heterocycles. The minimum Gasteiger partial charge on any atom is -0.386 e. The van der Waals surface area contributed by atoms with E-state index < -0.39 is 6.10 Å². The number of amides is 2. The van der Waals surface area contributed by atoms with Crippen LogP contribution in [0.5, 0.6) is 0 Å². The van der Waals surface area contributed by atoms with E-state index in [4.69, 9.17) is 0 Å². The number of nitrogens with zero attached hydrogens (tertiary/aromatic N) is 1. The van der Waals surface area contributed by atoms with E-state index >= 15 is 0 Å². The van der Waals surface area contributed by atoms with E-state index in [1.807, 2.05) is 29.6 Å². The molecule has 6 heteroatoms. The molecule has 23 heavy (non-hydrogen) atoms. The standard InChI is InChI=1S/C17H21N3O2S/c1-2-20-8-7-12-5-6-13(10-14(12)20)19-17(22)18-11-15(21)16-4-3-9-23-16/h3-6,9-10,15,21H,2,7-8,11H2,1H3,(H2,18,19,22)/t15-/m0/s1. The zero-order valence-electron chi connectivity index (χ0n) is 13.1. The number of hydrogen-bond donors (Lipinski definition) is 3. The molecule has 0 fully saturated rings. The molecule has 0 bridgehead atoms. The van der Waals surface area contributed by atoms with Crippen LogP contribution in [0.15, 0.2) is 35.7 Å². The number of fused-ring (bicyclic) bond motifs is 1. The second kappa shape index (κ2) is 7.02. The lowest BCUT2D eigenvalue weighted by atomic mass is 10.1. The first-order chi connectivity index (χ1) is 11.2. The zero-order valence-corrected chi connectivity index (χ0v) is 13.9. The first-order valence-corrected chi connectivity index (χ1v) is 8.69. The molecule has 1 aromatic heterocycles. The maximum absolute atomic E-state index is 12.0. The van der Waals surface area contributed by atoms with Gasteiger partial charge in [0.05, 0.1) is 6.54 Å². The molecule has 0 saturated heterocycles. The van der Waals surface area contributed by atoms with Crippen LogP contribution in [0.3, 0.4) is 0 Å². The van der Waals surface area contributed by atoms with Crippen molar-refractivity contribution >= 4 is 28.7 Å². The molecule has 2 aromatic rings. The molecule has 1 aromatic carbocycles. The van der Waals surface area contributed by atoms with Crippen LogP contribution in [-0.2, 0) is 6.42 Å². The number of rotatable bonds is 5. The van der Waals surface area contributed by atoms with Crippen molar-refractivity contribution in [2.45, 2.75) is 19.4 Å². The van der Waals surface area contributed by atoms with E-state index in [1.54, 1.807) is 0 Å². The molecule has 0 radical (unpaired) electrons. The fraction of sp³-hybridized carbons (Fsp3) is 0.353. The molecular formula is C17H21N3O2S. The second-order valence-corrected chi connectivity index (χ2v) is 6.52. The minimum absolute atomic E-state index is 0.193. The van der Waals surface area contributed by atoms with Crippen molar-refractivity contribution in [1.82, 2.24) is 5.32 Å². The third-order valence-corrected chi connectivity index (χ3v) is 5.02. The van der Waals surface area contributed by atoms with Crippen LogP contribution in [0.4, 0.5) is 16.2 Å². The number of carbonyl (C=O) groups excluding carboxylic acids is 1. The summed E-state index contributed by atoms with van der Waals surface area (Å²) in [5.74, 6) is 0. The second-order valence-electron chi connectivity index (χ2n) is 5.54. The van der Waals surface area contributed by atoms with Crippen molar-refractivity contribution in [2.24, 2.45) is 0 Å². The van der Waals surface area contributed by atoms with E-state index in [9.17, 15) is 9.90 Å². The van der Waals surface area contributed by atoms with Crippen LogP contribution in [0, 0.1) is 0 Å². The van der Waals surface area contributed by atoms with Gasteiger partial charge < -0.3 is 20.6 Å². The van der Waals surface area contributed by atoms with Crippen molar-refractivity contribution in [3.63, 3.8) is 0 Å². The fourth-order valence-corrected chi connectivity index (χ4v) is 3.51. The van der Waals surface area contributed by atoms with Gasteiger partial charge in [-0.25, -0.2) is 4.79 Å². The maximum atomic E-state index is 12.0. The Kier molecular flexibility index (Phi) is 4.83. The highest BCUT2D eigenvalue weighted by Gasteiger charge is 2.18. The summed E-state index contributed by atoms with van der Waals surface area (Å²) in [5.41, 5.74) is 3.29. The number of hydrogen-bond acceptors (Lipinski definition) is 4. The number of nitrogens with one attached hydrogen (secondary N) is 2. The molecule has 0 spiro atoms. The lowest BCUT2D eigenvalue weighted by molar-refractivity contribution is 0.178. The van der Waals surface area contributed by atoms with Crippen LogP contribution in [0.2, 0.25) is 0 Å². The Morgan fingerprint density at radius 1 is 1.43 bits per heavy atom. The SMILES string of the molecule is CCN1CCc2ccc(NC(=O)NC[C@H](O)c3cccs3)cc21. The summed E-state index contributed by atoms with van der Waals surface area (Å²) in [6, 6.07) is 9.44. The quantitative estimate of drug-likeness (QED) is 0.789. The number of urea groups is 1. The minimum atomic E-state index is -0.670. The highest BCUT2D eigenvalue weighted by atomic mass is 32.1. The molecule has 2 heterocycles. The summed E-state index contributed by atoms with van der Waals surface area (Å²) in [6.07, 6.45) is 0.388. The lowest BCUT2D eigenvalue weighted by Crippen LogP contribution is -2.32. The maximum Gasteiger partial charge on any atom is 0.319 e. The smallest absolute Gasteiger partial charge is 0.319 e. The summed E-state index contributed by atoms with van der Waals surface area (Å²) in [6.45, 7) is 4.33. The Bertz CT molecular complexity index is 672. The first kappa shape index (κ1) is 15.8. The topological polar surface area (TPSA) is 64.6 Å². The zero-order chi connectivity index (χ0) is 16.2. The van der Waals surface area contributed by atoms with E-state index in [0.29, 0.717) is 0 Å². The molecule has 3 N–H and O–H groups in total. The third kappa shape index (κ3) is 3.65. The number of aliphatic hydroxyl groups excluding tert-OH is 1. The van der Waals surface area contributed by atoms with Gasteiger partial charge in [0.1, 0.15) is 6.10 Å². The lowest BCUT2D eigenvalue weighted by Gasteiger charge is -2.17. The Hall–Kier alpha value is -2.05. The van der Waals surface area contributed by atoms with Gasteiger partial charge in [-0.05, 0) is 42.5 Å². The Morgan fingerprint density at radius 3 is 3.04 bits per heavy atom. The van der Waals surface area contributed by atoms with Crippen molar-refractivity contribution in [1.29, 1.82) is 0 Å². The van der Waals surface area contributed by atoms with Crippen LogP contribution >= 0.6 is 11.3 Å². The molecule has 122 valence electrons. The van der Waals surface area contributed by atoms with Gasteiger partial charge in [-0.1, -0.05) is 12.1 Å². The van der Waals surface area contributed by atoms with Gasteiger partial charge >= 0.3 is 6.03 Å². The number of benzene rings is 1. The number of aliphatic hydroxyl groups is 1. The predicted molar refractivity (Wildman–Crippen MR) is 94.3 cm³/mol. The molecule has 3 rings (SSSR count). The van der Waals surface area contributed by atoms with Crippen LogP contribution in [0.1, 0.15) is 23.5 Å². The van der Waals surface area contributed by atoms with Gasteiger partial charge in [0.2, 0.25) is 0 Å². The Labute approximate surface area is 139 Å². The molecular weight excluding hydrogens is 310 g/mol. The Morgan fingerprint density at radius 2 is 2.30 bits per heavy atom. The van der Waals surface area contributed by atoms with E-state index in [2.05, 4.69) is 28.5 Å². The summed E-state index contributed by atoms with van der Waals surface area (Å²) in [5, 5.41) is 17.4. The molecule has 1 aliphatic rings. The molecule has 0 unspecified atom stereocenters. The highest BCUT2D eigenvalue weighted by Crippen LogP contribution is 2.30. The molecule has 5 nitrogen and oxygen atoms in total. The van der Waals surface area contributed by atoms with Crippen molar-refractivity contribution < 1.29 is 9.90 Å². The molecule has 0 saturated carbocycles. The molecule has 2 amide bonds. The summed E-state index contributed by atoms with van der Waals surface area (Å²) >= 11 is 1.48. The van der Waals surface area contributed by atoms with E-state index in [-0.39, 0.29) is 12.6 Å². The van der Waals surface area contributed by atoms with E-state index in [0.717, 1.165) is 30.1 Å². The van der Waals surface area contributed by atoms with Gasteiger partial charge in [-0.3, -0.25) is 0 Å². The molecule has 0 aliphatic carbocycles. The van der Waals surface area contributed by atoms with Crippen LogP contribution in [0.25, 0.3) is 0 Å². The van der Waals surface area contributed by atoms with Gasteiger partial charge in [0.25, 0.3) is 0 Å². The van der Waals surface area contributed by atoms with Gasteiger partial charge in [-0.2, -0.15) is 0 Å². The van der Waals surface area contributed by atoms with Gasteiger partial charge in [0, 0.05) is 29.3 Å². The number of carbonyl (C=O) groups is 1. The first-order valence-electron chi connectivity index (χ1n) is 7.81.